The Morgan fingerprint density at radius 1 is 1.27 bits per heavy atom. The molecular formula is C19H17F3N4O4. The van der Waals surface area contributed by atoms with E-state index >= 15 is 0 Å². The second-order valence-electron chi connectivity index (χ2n) is 6.00. The maximum atomic E-state index is 12.6. The van der Waals surface area contributed by atoms with Gasteiger partial charge in [-0.15, -0.1) is 0 Å². The first-order valence-electron chi connectivity index (χ1n) is 8.36. The molecule has 0 bridgehead atoms. The minimum Gasteiger partial charge on any atom is -0.505 e. The van der Waals surface area contributed by atoms with Crippen molar-refractivity contribution in [2.45, 2.75) is 13.1 Å². The number of aromatic hydroxyl groups is 1. The Bertz CT molecular complexity index is 1020. The molecule has 11 heteroatoms. The fourth-order valence-electron chi connectivity index (χ4n) is 2.37. The van der Waals surface area contributed by atoms with E-state index in [1.165, 1.54) is 31.5 Å². The molecule has 1 aromatic carbocycles. The molecular weight excluding hydrogens is 405 g/mol. The van der Waals surface area contributed by atoms with Crippen molar-refractivity contribution in [1.82, 2.24) is 10.3 Å². The molecule has 2 aromatic rings. The number of aliphatic imine (C=N–C) groups is 1. The third-order valence-corrected chi connectivity index (χ3v) is 3.96. The van der Waals surface area contributed by atoms with Gasteiger partial charge in [0.1, 0.15) is 12.3 Å². The Balaban J connectivity index is 2.26. The number of amides is 1. The Labute approximate surface area is 168 Å². The summed E-state index contributed by atoms with van der Waals surface area (Å²) in [7, 11) is 0. The van der Waals surface area contributed by atoms with Gasteiger partial charge in [-0.1, -0.05) is 0 Å². The van der Waals surface area contributed by atoms with Crippen molar-refractivity contribution in [3.8, 4) is 5.75 Å². The lowest BCUT2D eigenvalue weighted by Crippen LogP contribution is -2.30. The number of aliphatic carboxylic acids is 1. The molecule has 0 fully saturated rings. The topological polar surface area (TPSA) is 138 Å². The average Bonchev–Trinajstić information content (AvgIpc) is 2.69. The molecule has 5 N–H and O–H groups in total. The number of nitrogens with zero attached hydrogens (tertiary/aromatic N) is 2. The average molecular weight is 422 g/mol. The van der Waals surface area contributed by atoms with Crippen molar-refractivity contribution in [2.75, 3.05) is 6.54 Å². The molecule has 1 heterocycles. The molecule has 0 atom stereocenters. The highest BCUT2D eigenvalue weighted by Crippen LogP contribution is 2.31. The van der Waals surface area contributed by atoms with E-state index in [0.717, 1.165) is 18.3 Å². The van der Waals surface area contributed by atoms with Crippen LogP contribution in [0.15, 0.2) is 41.7 Å². The van der Waals surface area contributed by atoms with Crippen molar-refractivity contribution in [3.63, 3.8) is 0 Å². The Kier molecular flexibility index (Phi) is 6.77. The van der Waals surface area contributed by atoms with Crippen LogP contribution in [-0.4, -0.2) is 39.8 Å². The van der Waals surface area contributed by atoms with Crippen molar-refractivity contribution < 1.29 is 33.0 Å². The highest BCUT2D eigenvalue weighted by atomic mass is 19.4. The molecule has 1 amide bonds. The maximum absolute atomic E-state index is 12.6. The molecule has 0 spiro atoms. The maximum Gasteiger partial charge on any atom is 0.416 e. The second-order valence-corrected chi connectivity index (χ2v) is 6.00. The van der Waals surface area contributed by atoms with Gasteiger partial charge < -0.3 is 21.3 Å². The van der Waals surface area contributed by atoms with Crippen LogP contribution in [0.25, 0.3) is 5.57 Å². The molecule has 0 aliphatic carbocycles. The van der Waals surface area contributed by atoms with E-state index in [0.29, 0.717) is 5.56 Å². The Morgan fingerprint density at radius 2 is 1.90 bits per heavy atom. The van der Waals surface area contributed by atoms with Crippen LogP contribution in [-0.2, 0) is 11.0 Å². The first-order chi connectivity index (χ1) is 14.0. The largest absolute Gasteiger partial charge is 0.505 e. The predicted octanol–water partition coefficient (Wildman–Crippen LogP) is 2.63. The third-order valence-electron chi connectivity index (χ3n) is 3.96. The molecule has 0 radical (unpaired) electrons. The summed E-state index contributed by atoms with van der Waals surface area (Å²) in [5, 5.41) is 20.9. The highest BCUT2D eigenvalue weighted by molar-refractivity contribution is 6.11. The minimum absolute atomic E-state index is 0.223. The van der Waals surface area contributed by atoms with Crippen molar-refractivity contribution in [3.05, 3.63) is 59.0 Å². The zero-order valence-corrected chi connectivity index (χ0v) is 15.6. The number of carbonyl (C=O) groups excluding carboxylic acids is 1. The smallest absolute Gasteiger partial charge is 0.416 e. The van der Waals surface area contributed by atoms with Crippen LogP contribution in [0.2, 0.25) is 0 Å². The van der Waals surface area contributed by atoms with Crippen LogP contribution in [0.3, 0.4) is 0 Å². The van der Waals surface area contributed by atoms with Crippen LogP contribution >= 0.6 is 0 Å². The van der Waals surface area contributed by atoms with Crippen LogP contribution in [0.1, 0.15) is 27.2 Å². The van der Waals surface area contributed by atoms with Gasteiger partial charge >= 0.3 is 12.1 Å². The van der Waals surface area contributed by atoms with Crippen LogP contribution in [0, 0.1) is 6.92 Å². The minimum atomic E-state index is -4.45. The molecule has 0 aliphatic rings. The molecule has 0 unspecified atom stereocenters. The molecule has 30 heavy (non-hydrogen) atoms. The number of halogens is 3. The van der Waals surface area contributed by atoms with Crippen LogP contribution in [0.5, 0.6) is 5.75 Å². The van der Waals surface area contributed by atoms with Gasteiger partial charge in [-0.05, 0) is 31.2 Å². The number of carboxylic acid groups (broad SMARTS) is 1. The Morgan fingerprint density at radius 3 is 2.43 bits per heavy atom. The molecule has 8 nitrogen and oxygen atoms in total. The van der Waals surface area contributed by atoms with Gasteiger partial charge in [-0.3, -0.25) is 14.6 Å². The van der Waals surface area contributed by atoms with E-state index in [1.807, 2.05) is 0 Å². The summed E-state index contributed by atoms with van der Waals surface area (Å²) < 4.78 is 37.9. The third kappa shape index (κ3) is 5.34. The lowest BCUT2D eigenvalue weighted by molar-refractivity contribution is -0.137. The normalized spacial score (nSPS) is 12.2. The monoisotopic (exact) mass is 422 g/mol. The van der Waals surface area contributed by atoms with E-state index < -0.39 is 35.9 Å². The van der Waals surface area contributed by atoms with E-state index in [2.05, 4.69) is 15.3 Å². The van der Waals surface area contributed by atoms with Crippen molar-refractivity contribution in [2.24, 2.45) is 10.7 Å². The SMILES string of the molecule is Cc1c(/C(C=Nc2ccc(C(F)(F)F)cc2)=C/N)cnc(C(=O)NCC(=O)O)c1O. The van der Waals surface area contributed by atoms with E-state index in [9.17, 15) is 27.9 Å². The number of carboxylic acids is 1. The van der Waals surface area contributed by atoms with Crippen molar-refractivity contribution >= 4 is 29.4 Å². The lowest BCUT2D eigenvalue weighted by atomic mass is 10.0. The number of aromatic nitrogens is 1. The number of hydrogen-bond acceptors (Lipinski definition) is 6. The van der Waals surface area contributed by atoms with Gasteiger partial charge in [0.25, 0.3) is 5.91 Å². The molecule has 0 aliphatic heterocycles. The quantitative estimate of drug-likeness (QED) is 0.528. The number of benzene rings is 1. The first kappa shape index (κ1) is 22.4. The fourth-order valence-corrected chi connectivity index (χ4v) is 2.37. The summed E-state index contributed by atoms with van der Waals surface area (Å²) in [4.78, 5) is 30.4. The lowest BCUT2D eigenvalue weighted by Gasteiger charge is -2.11. The van der Waals surface area contributed by atoms with E-state index in [1.54, 1.807) is 0 Å². The number of hydrogen-bond donors (Lipinski definition) is 4. The van der Waals surface area contributed by atoms with Gasteiger partial charge in [0, 0.05) is 35.3 Å². The molecule has 158 valence electrons. The van der Waals surface area contributed by atoms with Gasteiger partial charge in [0.15, 0.2) is 5.69 Å². The van der Waals surface area contributed by atoms with Gasteiger partial charge in [-0.2, -0.15) is 13.2 Å². The number of alkyl halides is 3. The summed E-state index contributed by atoms with van der Waals surface area (Å²) in [6, 6.07) is 4.15. The zero-order chi connectivity index (χ0) is 22.5. The molecule has 0 saturated heterocycles. The predicted molar refractivity (Wildman–Crippen MR) is 102 cm³/mol. The second kappa shape index (κ2) is 9.07. The summed E-state index contributed by atoms with van der Waals surface area (Å²) >= 11 is 0. The van der Waals surface area contributed by atoms with E-state index in [-0.39, 0.29) is 22.5 Å². The number of allylic oxidation sites excluding steroid dienone is 1. The van der Waals surface area contributed by atoms with E-state index in [4.69, 9.17) is 10.8 Å². The number of pyridine rings is 1. The number of nitrogens with two attached hydrogens (primary N) is 1. The first-order valence-corrected chi connectivity index (χ1v) is 8.36. The number of nitrogens with one attached hydrogen (secondary N) is 1. The fraction of sp³-hybridized carbons (Fsp3) is 0.158. The number of carbonyl (C=O) groups is 2. The summed E-state index contributed by atoms with van der Waals surface area (Å²) in [5.74, 6) is -2.61. The zero-order valence-electron chi connectivity index (χ0n) is 15.6. The molecule has 2 rings (SSSR count). The van der Waals surface area contributed by atoms with Gasteiger partial charge in [0.05, 0.1) is 11.3 Å². The number of rotatable bonds is 6. The van der Waals surface area contributed by atoms with Gasteiger partial charge in [0.2, 0.25) is 0 Å². The van der Waals surface area contributed by atoms with Gasteiger partial charge in [-0.25, -0.2) is 4.98 Å². The molecule has 1 aromatic heterocycles. The Hall–Kier alpha value is -3.89. The van der Waals surface area contributed by atoms with Crippen molar-refractivity contribution in [1.29, 1.82) is 0 Å². The standard InChI is InChI=1S/C19H17F3N4O4/c1-10-14(8-25-16(17(10)29)18(30)26-9-15(27)28)11(6-23)7-24-13-4-2-12(3-5-13)19(20,21)22/h2-8,29H,9,23H2,1H3,(H,26,30)(H,27,28)/b11-6+,24-7?. The van der Waals surface area contributed by atoms with Crippen LogP contribution in [0.4, 0.5) is 18.9 Å². The summed E-state index contributed by atoms with van der Waals surface area (Å²) in [6.07, 6.45) is -0.789. The molecule has 0 saturated carbocycles. The summed E-state index contributed by atoms with van der Waals surface area (Å²) in [5.41, 5.74) is 5.48. The van der Waals surface area contributed by atoms with Crippen LogP contribution < -0.4 is 11.1 Å². The highest BCUT2D eigenvalue weighted by Gasteiger charge is 2.29. The summed E-state index contributed by atoms with van der Waals surface area (Å²) in [6.45, 7) is 0.838.